The second-order valence-electron chi connectivity index (χ2n) is 7.67. The van der Waals surface area contributed by atoms with Crippen molar-refractivity contribution >= 4 is 10.4 Å². The number of hydrogen-bond acceptors (Lipinski definition) is 6. The molecule has 0 aliphatic heterocycles. The molecule has 0 aromatic rings. The highest BCUT2D eigenvalue weighted by Gasteiger charge is 2.21. The summed E-state index contributed by atoms with van der Waals surface area (Å²) in [7, 11) is -4.23. The molecule has 4 N–H and O–H groups in total. The average Bonchev–Trinajstić information content (AvgIpc) is 2.40. The highest BCUT2D eigenvalue weighted by atomic mass is 32.3. The summed E-state index contributed by atoms with van der Waals surface area (Å²) in [5, 5.41) is 20.7. The van der Waals surface area contributed by atoms with Gasteiger partial charge in [0.25, 0.3) is 0 Å². The van der Waals surface area contributed by atoms with Crippen LogP contribution in [0.25, 0.3) is 0 Å². The van der Waals surface area contributed by atoms with Crippen LogP contribution in [0.5, 0.6) is 0 Å². The van der Waals surface area contributed by atoms with Crippen LogP contribution in [0.4, 0.5) is 0 Å². The first-order valence-electron chi connectivity index (χ1n) is 9.63. The van der Waals surface area contributed by atoms with Crippen LogP contribution in [-0.4, -0.2) is 41.2 Å². The fraction of sp³-hybridized carbons (Fsp3) is 1.00. The molecule has 26 heavy (non-hydrogen) atoms. The van der Waals surface area contributed by atoms with Crippen LogP contribution in [0, 0.1) is 0 Å². The number of nitrogens with one attached hydrogen (secondary N) is 1. The van der Waals surface area contributed by atoms with E-state index in [0.717, 1.165) is 12.8 Å². The molecule has 0 spiro atoms. The smallest absolute Gasteiger partial charge is 0.376 e. The van der Waals surface area contributed by atoms with Crippen LogP contribution < -0.4 is 5.32 Å². The third kappa shape index (κ3) is 31.5. The van der Waals surface area contributed by atoms with E-state index in [1.807, 2.05) is 0 Å². The Hall–Kier alpha value is -0.250. The summed E-state index contributed by atoms with van der Waals surface area (Å²) in [6.07, 6.45) is 11.9. The van der Waals surface area contributed by atoms with Gasteiger partial charge in [-0.3, -0.25) is 9.87 Å². The third-order valence-corrected chi connectivity index (χ3v) is 3.81. The van der Waals surface area contributed by atoms with Crippen molar-refractivity contribution in [2.45, 2.75) is 110 Å². The van der Waals surface area contributed by atoms with Gasteiger partial charge in [0.1, 0.15) is 11.4 Å². The molecule has 0 aliphatic rings. The van der Waals surface area contributed by atoms with Gasteiger partial charge in [-0.15, -0.1) is 0 Å². The van der Waals surface area contributed by atoms with Crippen LogP contribution in [0.15, 0.2) is 0 Å². The van der Waals surface area contributed by atoms with E-state index in [0.29, 0.717) is 6.42 Å². The highest BCUT2D eigenvalue weighted by Crippen LogP contribution is 2.10. The monoisotopic (exact) mass is 399 g/mol. The zero-order valence-electron chi connectivity index (χ0n) is 17.3. The second kappa shape index (κ2) is 14.8. The van der Waals surface area contributed by atoms with Gasteiger partial charge in [0, 0.05) is 0 Å². The average molecular weight is 400 g/mol. The lowest BCUT2D eigenvalue weighted by Gasteiger charge is -2.28. The molecule has 0 heterocycles. The molecule has 8 heteroatoms. The van der Waals surface area contributed by atoms with Crippen molar-refractivity contribution in [2.75, 3.05) is 6.61 Å². The Kier molecular flexibility index (Phi) is 15.9. The summed E-state index contributed by atoms with van der Waals surface area (Å²) in [4.78, 5) is 0. The normalized spacial score (nSPS) is 12.6. The Morgan fingerprint density at radius 3 is 1.38 bits per heavy atom. The lowest BCUT2D eigenvalue weighted by Crippen LogP contribution is -2.51. The summed E-state index contributed by atoms with van der Waals surface area (Å²) >= 11 is 0. The standard InChI is InChI=1S/C12H26O4S.C6H15NO2/c1-2-3-4-5-6-7-8-9-10-11-12-16-17(13,14)15;1-5(2,8)7-6(3,4)9/h2-12H2,1H3,(H,13,14,15);7-9H,1-4H3. The van der Waals surface area contributed by atoms with Crippen molar-refractivity contribution in [3.8, 4) is 0 Å². The molecule has 0 aliphatic carbocycles. The van der Waals surface area contributed by atoms with E-state index in [-0.39, 0.29) is 6.61 Å². The summed E-state index contributed by atoms with van der Waals surface area (Å²) < 4.78 is 33.0. The molecule has 7 nitrogen and oxygen atoms in total. The Balaban J connectivity index is 0. The Labute approximate surface area is 160 Å². The van der Waals surface area contributed by atoms with E-state index in [1.54, 1.807) is 27.7 Å². The molecule has 0 fully saturated rings. The molecule has 0 radical (unpaired) electrons. The van der Waals surface area contributed by atoms with Gasteiger partial charge in [0.05, 0.1) is 6.61 Å². The van der Waals surface area contributed by atoms with Crippen molar-refractivity contribution in [3.63, 3.8) is 0 Å². The highest BCUT2D eigenvalue weighted by molar-refractivity contribution is 7.80. The van der Waals surface area contributed by atoms with Gasteiger partial charge in [-0.2, -0.15) is 8.42 Å². The van der Waals surface area contributed by atoms with Crippen LogP contribution >= 0.6 is 0 Å². The van der Waals surface area contributed by atoms with E-state index in [4.69, 9.17) is 14.8 Å². The summed E-state index contributed by atoms with van der Waals surface area (Å²) in [5.41, 5.74) is -2.03. The van der Waals surface area contributed by atoms with Crippen molar-refractivity contribution in [1.29, 1.82) is 0 Å². The van der Waals surface area contributed by atoms with E-state index >= 15 is 0 Å². The molecule has 0 amide bonds. The number of aliphatic hydroxyl groups is 2. The van der Waals surface area contributed by atoms with E-state index in [1.165, 1.54) is 44.9 Å². The Bertz CT molecular complexity index is 400. The van der Waals surface area contributed by atoms with Crippen molar-refractivity contribution in [3.05, 3.63) is 0 Å². The minimum atomic E-state index is -4.23. The fourth-order valence-corrected chi connectivity index (χ4v) is 2.83. The molecule has 0 bridgehead atoms. The molecule has 0 aromatic heterocycles. The first-order chi connectivity index (χ1) is 11.8. The maximum absolute atomic E-state index is 10.2. The van der Waals surface area contributed by atoms with Gasteiger partial charge in [0.2, 0.25) is 0 Å². The third-order valence-electron chi connectivity index (χ3n) is 3.34. The zero-order valence-corrected chi connectivity index (χ0v) is 18.1. The SMILES string of the molecule is CC(C)(O)NC(C)(C)O.CCCCCCCCCCCCOS(=O)(=O)O. The van der Waals surface area contributed by atoms with Gasteiger partial charge in [0.15, 0.2) is 0 Å². The van der Waals surface area contributed by atoms with E-state index in [9.17, 15) is 8.42 Å². The maximum Gasteiger partial charge on any atom is 0.397 e. The van der Waals surface area contributed by atoms with Gasteiger partial charge in [-0.1, -0.05) is 64.7 Å². The molecule has 160 valence electrons. The van der Waals surface area contributed by atoms with E-state index in [2.05, 4.69) is 16.4 Å². The maximum atomic E-state index is 10.2. The Morgan fingerprint density at radius 2 is 1.12 bits per heavy atom. The predicted molar refractivity (Wildman–Crippen MR) is 105 cm³/mol. The van der Waals surface area contributed by atoms with Gasteiger partial charge in [-0.25, -0.2) is 4.18 Å². The Morgan fingerprint density at radius 1 is 0.769 bits per heavy atom. The van der Waals surface area contributed by atoms with Crippen LogP contribution in [0.2, 0.25) is 0 Å². The second-order valence-corrected chi connectivity index (χ2v) is 8.77. The minimum absolute atomic E-state index is 0.0926. The quantitative estimate of drug-likeness (QED) is 0.200. The molecule has 0 saturated heterocycles. The molecular weight excluding hydrogens is 358 g/mol. The van der Waals surface area contributed by atoms with Crippen LogP contribution in [0.3, 0.4) is 0 Å². The summed E-state index contributed by atoms with van der Waals surface area (Å²) in [6.45, 7) is 8.61. The summed E-state index contributed by atoms with van der Waals surface area (Å²) in [6, 6.07) is 0. The van der Waals surface area contributed by atoms with Crippen molar-refractivity contribution in [1.82, 2.24) is 5.32 Å². The predicted octanol–water partition coefficient (Wildman–Crippen LogP) is 3.76. The summed E-state index contributed by atoms with van der Waals surface area (Å²) in [5.74, 6) is 0. The molecule has 0 rings (SSSR count). The van der Waals surface area contributed by atoms with Gasteiger partial charge >= 0.3 is 10.4 Å². The lowest BCUT2D eigenvalue weighted by molar-refractivity contribution is -0.0634. The number of rotatable bonds is 14. The van der Waals surface area contributed by atoms with Crippen LogP contribution in [-0.2, 0) is 14.6 Å². The zero-order chi connectivity index (χ0) is 20.7. The largest absolute Gasteiger partial charge is 0.397 e. The van der Waals surface area contributed by atoms with Crippen molar-refractivity contribution in [2.24, 2.45) is 0 Å². The first kappa shape index (κ1) is 28.0. The molecule has 0 aromatic carbocycles. The molecule has 0 saturated carbocycles. The van der Waals surface area contributed by atoms with Gasteiger partial charge in [-0.05, 0) is 34.1 Å². The van der Waals surface area contributed by atoms with Gasteiger partial charge < -0.3 is 10.2 Å². The van der Waals surface area contributed by atoms with Crippen molar-refractivity contribution < 1.29 is 27.4 Å². The number of unbranched alkanes of at least 4 members (excludes halogenated alkanes) is 9. The topological polar surface area (TPSA) is 116 Å². The molecule has 0 unspecified atom stereocenters. The fourth-order valence-electron chi connectivity index (χ4n) is 2.50. The van der Waals surface area contributed by atoms with Crippen LogP contribution in [0.1, 0.15) is 98.8 Å². The number of hydrogen-bond donors (Lipinski definition) is 4. The molecule has 0 atom stereocenters. The minimum Gasteiger partial charge on any atom is -0.376 e. The van der Waals surface area contributed by atoms with E-state index < -0.39 is 21.8 Å². The lowest BCUT2D eigenvalue weighted by atomic mass is 10.1. The molecular formula is C18H41NO6S. The first-order valence-corrected chi connectivity index (χ1v) is 11.0.